The second-order valence-electron chi connectivity index (χ2n) is 4.86. The lowest BCUT2D eigenvalue weighted by Gasteiger charge is -2.33. The van der Waals surface area contributed by atoms with Gasteiger partial charge in [-0.3, -0.25) is 15.1 Å². The second-order valence-corrected chi connectivity index (χ2v) is 4.86. The molecule has 0 radical (unpaired) electrons. The van der Waals surface area contributed by atoms with E-state index in [0.717, 1.165) is 12.8 Å². The average molecular weight is 258 g/mol. The number of nitro groups is 1. The number of benzene rings is 1. The maximum atomic E-state index is 11.3. The van der Waals surface area contributed by atoms with E-state index in [0.29, 0.717) is 16.6 Å². The Balaban J connectivity index is 2.03. The number of hydrogen-bond acceptors (Lipinski definition) is 5. The van der Waals surface area contributed by atoms with Crippen molar-refractivity contribution in [2.75, 3.05) is 5.32 Å². The summed E-state index contributed by atoms with van der Waals surface area (Å²) in [5.74, 6) is 0. The third kappa shape index (κ3) is 2.10. The molecule has 6 nitrogen and oxygen atoms in total. The number of fused-ring (bicyclic) bond motifs is 1. The zero-order valence-corrected chi connectivity index (χ0v) is 10.2. The van der Waals surface area contributed by atoms with Gasteiger partial charge in [-0.05, 0) is 37.1 Å². The van der Waals surface area contributed by atoms with Gasteiger partial charge in [0.25, 0.3) is 0 Å². The average Bonchev–Trinajstić information content (AvgIpc) is 2.36. The summed E-state index contributed by atoms with van der Waals surface area (Å²) in [5, 5.41) is 15.1. The molecule has 19 heavy (non-hydrogen) atoms. The van der Waals surface area contributed by atoms with Gasteiger partial charge in [-0.25, -0.2) is 0 Å². The van der Waals surface area contributed by atoms with Crippen LogP contribution in [0.2, 0.25) is 0 Å². The van der Waals surface area contributed by atoms with Crippen LogP contribution in [-0.2, 0) is 0 Å². The predicted molar refractivity (Wildman–Crippen MR) is 73.0 cm³/mol. The lowest BCUT2D eigenvalue weighted by atomic mass is 9.87. The molecule has 3 rings (SSSR count). The van der Waals surface area contributed by atoms with Gasteiger partial charge < -0.3 is 11.1 Å². The second kappa shape index (κ2) is 4.47. The van der Waals surface area contributed by atoms with Crippen LogP contribution in [0, 0.1) is 10.1 Å². The molecule has 1 fully saturated rings. The van der Waals surface area contributed by atoms with E-state index in [1.165, 1.54) is 0 Å². The van der Waals surface area contributed by atoms with Crippen LogP contribution >= 0.6 is 0 Å². The van der Waals surface area contributed by atoms with Gasteiger partial charge in [0, 0.05) is 18.3 Å². The first-order chi connectivity index (χ1) is 9.15. The minimum atomic E-state index is -0.356. The Morgan fingerprint density at radius 2 is 2.16 bits per heavy atom. The number of rotatable bonds is 3. The van der Waals surface area contributed by atoms with Crippen molar-refractivity contribution in [2.45, 2.75) is 24.9 Å². The van der Waals surface area contributed by atoms with E-state index >= 15 is 0 Å². The van der Waals surface area contributed by atoms with E-state index in [1.54, 1.807) is 30.5 Å². The Kier molecular flexibility index (Phi) is 2.79. The van der Waals surface area contributed by atoms with Gasteiger partial charge in [-0.15, -0.1) is 0 Å². The highest BCUT2D eigenvalue weighted by molar-refractivity contribution is 5.94. The highest BCUT2D eigenvalue weighted by Crippen LogP contribution is 2.34. The summed E-state index contributed by atoms with van der Waals surface area (Å²) in [6.45, 7) is 0. The van der Waals surface area contributed by atoms with Crippen molar-refractivity contribution in [3.8, 4) is 0 Å². The van der Waals surface area contributed by atoms with Gasteiger partial charge in [-0.2, -0.15) is 0 Å². The van der Waals surface area contributed by atoms with Crippen LogP contribution in [0.5, 0.6) is 0 Å². The van der Waals surface area contributed by atoms with E-state index < -0.39 is 0 Å². The number of nitrogens with one attached hydrogen (secondary N) is 1. The van der Waals surface area contributed by atoms with Crippen molar-refractivity contribution in [1.82, 2.24) is 4.98 Å². The van der Waals surface area contributed by atoms with Crippen LogP contribution in [0.4, 0.5) is 11.4 Å². The van der Waals surface area contributed by atoms with Crippen molar-refractivity contribution in [3.63, 3.8) is 0 Å². The molecular weight excluding hydrogens is 244 g/mol. The number of aromatic nitrogens is 1. The fourth-order valence-electron chi connectivity index (χ4n) is 2.45. The molecule has 0 bridgehead atoms. The minimum Gasteiger partial charge on any atom is -0.377 e. The molecule has 0 atom stereocenters. The Hall–Kier alpha value is -2.21. The summed E-state index contributed by atoms with van der Waals surface area (Å²) in [6.07, 6.45) is 3.33. The van der Waals surface area contributed by atoms with Gasteiger partial charge in [0.1, 0.15) is 5.69 Å². The van der Waals surface area contributed by atoms with E-state index in [1.807, 2.05) is 0 Å². The van der Waals surface area contributed by atoms with Crippen molar-refractivity contribution >= 4 is 22.3 Å². The fourth-order valence-corrected chi connectivity index (χ4v) is 2.45. The topological polar surface area (TPSA) is 94.1 Å². The highest BCUT2D eigenvalue weighted by atomic mass is 16.6. The van der Waals surface area contributed by atoms with Gasteiger partial charge >= 0.3 is 5.69 Å². The van der Waals surface area contributed by atoms with Crippen LogP contribution < -0.4 is 11.1 Å². The van der Waals surface area contributed by atoms with Crippen LogP contribution in [0.3, 0.4) is 0 Å². The van der Waals surface area contributed by atoms with Crippen molar-refractivity contribution in [3.05, 3.63) is 40.6 Å². The largest absolute Gasteiger partial charge is 0.377 e. The first-order valence-corrected chi connectivity index (χ1v) is 6.19. The van der Waals surface area contributed by atoms with Crippen LogP contribution in [-0.4, -0.2) is 22.0 Å². The molecule has 1 aliphatic carbocycles. The summed E-state index contributed by atoms with van der Waals surface area (Å²) in [5.41, 5.74) is 6.99. The number of nitrogens with zero attached hydrogens (tertiary/aromatic N) is 2. The molecule has 0 unspecified atom stereocenters. The summed E-state index contributed by atoms with van der Waals surface area (Å²) in [4.78, 5) is 15.1. The van der Waals surface area contributed by atoms with E-state index in [2.05, 4.69) is 10.3 Å². The molecule has 0 spiro atoms. The molecule has 0 saturated heterocycles. The molecule has 1 heterocycles. The maximum Gasteiger partial charge on any atom is 0.301 e. The Morgan fingerprint density at radius 1 is 1.37 bits per heavy atom. The lowest BCUT2D eigenvalue weighted by molar-refractivity contribution is -0.382. The molecule has 1 aliphatic rings. The number of nitro benzene ring substituents is 1. The summed E-state index contributed by atoms with van der Waals surface area (Å²) in [6, 6.07) is 7.37. The fraction of sp³-hybridized carbons (Fsp3) is 0.308. The number of hydrogen-bond donors (Lipinski definition) is 2. The molecule has 0 aliphatic heterocycles. The van der Waals surface area contributed by atoms with Gasteiger partial charge in [0.15, 0.2) is 0 Å². The Labute approximate surface area is 109 Å². The third-order valence-electron chi connectivity index (χ3n) is 3.47. The zero-order chi connectivity index (χ0) is 13.4. The lowest BCUT2D eigenvalue weighted by Crippen LogP contribution is -2.44. The van der Waals surface area contributed by atoms with Gasteiger partial charge in [0.2, 0.25) is 0 Å². The molecule has 0 amide bonds. The SMILES string of the molecule is NC1CC(Nc2ccc3ncccc3c2[N+](=O)[O-])C1. The monoisotopic (exact) mass is 258 g/mol. The summed E-state index contributed by atoms with van der Waals surface area (Å²) >= 11 is 0. The van der Waals surface area contributed by atoms with Gasteiger partial charge in [-0.1, -0.05) is 0 Å². The molecule has 1 aromatic heterocycles. The van der Waals surface area contributed by atoms with Crippen molar-refractivity contribution < 1.29 is 4.92 Å². The molecule has 1 saturated carbocycles. The van der Waals surface area contributed by atoms with Crippen molar-refractivity contribution in [1.29, 1.82) is 0 Å². The van der Waals surface area contributed by atoms with Gasteiger partial charge in [0.05, 0.1) is 15.8 Å². The zero-order valence-electron chi connectivity index (χ0n) is 10.2. The van der Waals surface area contributed by atoms with E-state index in [-0.39, 0.29) is 22.7 Å². The smallest absolute Gasteiger partial charge is 0.301 e. The molecular formula is C13H14N4O2. The number of nitrogens with two attached hydrogens (primary N) is 1. The standard InChI is InChI=1S/C13H14N4O2/c14-8-6-9(7-8)16-12-4-3-11-10(2-1-5-15-11)13(12)17(18)19/h1-5,8-9,16H,6-7,14H2. The van der Waals surface area contributed by atoms with Crippen LogP contribution in [0.15, 0.2) is 30.5 Å². The first kappa shape index (κ1) is 11.9. The maximum absolute atomic E-state index is 11.3. The minimum absolute atomic E-state index is 0.0890. The third-order valence-corrected chi connectivity index (χ3v) is 3.47. The highest BCUT2D eigenvalue weighted by Gasteiger charge is 2.28. The molecule has 98 valence electrons. The normalized spacial score (nSPS) is 21.9. The predicted octanol–water partition coefficient (Wildman–Crippen LogP) is 2.04. The summed E-state index contributed by atoms with van der Waals surface area (Å²) in [7, 11) is 0. The van der Waals surface area contributed by atoms with Crippen LogP contribution in [0.1, 0.15) is 12.8 Å². The molecule has 1 aromatic carbocycles. The number of pyridine rings is 1. The van der Waals surface area contributed by atoms with E-state index in [4.69, 9.17) is 5.73 Å². The van der Waals surface area contributed by atoms with Crippen molar-refractivity contribution in [2.24, 2.45) is 5.73 Å². The quantitative estimate of drug-likeness (QED) is 0.649. The number of anilines is 1. The summed E-state index contributed by atoms with van der Waals surface area (Å²) < 4.78 is 0. The van der Waals surface area contributed by atoms with Crippen LogP contribution in [0.25, 0.3) is 10.9 Å². The first-order valence-electron chi connectivity index (χ1n) is 6.19. The molecule has 2 aromatic rings. The molecule has 6 heteroatoms. The Bertz CT molecular complexity index is 638. The molecule has 3 N–H and O–H groups in total. The van der Waals surface area contributed by atoms with E-state index in [9.17, 15) is 10.1 Å². The Morgan fingerprint density at radius 3 is 2.84 bits per heavy atom.